The zero-order valence-electron chi connectivity index (χ0n) is 8.74. The van der Waals surface area contributed by atoms with Crippen LogP contribution in [0.15, 0.2) is 12.1 Å². The van der Waals surface area contributed by atoms with Crippen LogP contribution in [-0.2, 0) is 11.2 Å². The molecule has 6 nitrogen and oxygen atoms in total. The smallest absolute Gasteiger partial charge is 0.292 e. The van der Waals surface area contributed by atoms with Gasteiger partial charge in [-0.1, -0.05) is 0 Å². The second-order valence-electron chi connectivity index (χ2n) is 3.54. The summed E-state index contributed by atoms with van der Waals surface area (Å²) < 4.78 is 0. The van der Waals surface area contributed by atoms with E-state index in [1.165, 1.54) is 6.07 Å². The largest absolute Gasteiger partial charge is 0.380 e. The van der Waals surface area contributed by atoms with E-state index in [1.807, 2.05) is 6.92 Å². The van der Waals surface area contributed by atoms with Crippen LogP contribution in [0.5, 0.6) is 0 Å². The molecule has 1 aromatic rings. The minimum atomic E-state index is -0.443. The molecule has 84 valence electrons. The number of nitrogens with zero attached hydrogens (tertiary/aromatic N) is 1. The second kappa shape index (κ2) is 3.80. The number of hydrogen-bond donors (Lipinski definition) is 2. The van der Waals surface area contributed by atoms with Gasteiger partial charge in [0.05, 0.1) is 11.3 Å². The van der Waals surface area contributed by atoms with Crippen molar-refractivity contribution in [2.24, 2.45) is 0 Å². The third-order valence-corrected chi connectivity index (χ3v) is 2.41. The molecule has 6 heteroatoms. The van der Waals surface area contributed by atoms with Crippen molar-refractivity contribution in [2.75, 3.05) is 17.2 Å². The summed E-state index contributed by atoms with van der Waals surface area (Å²) in [4.78, 5) is 21.5. The molecule has 0 saturated carbocycles. The molecule has 1 aliphatic heterocycles. The van der Waals surface area contributed by atoms with Crippen molar-refractivity contribution < 1.29 is 9.72 Å². The second-order valence-corrected chi connectivity index (χ2v) is 3.54. The summed E-state index contributed by atoms with van der Waals surface area (Å²) in [6.07, 6.45) is 0.211. The number of nitro groups is 1. The van der Waals surface area contributed by atoms with Crippen molar-refractivity contribution in [2.45, 2.75) is 13.3 Å². The molecule has 0 fully saturated rings. The van der Waals surface area contributed by atoms with E-state index < -0.39 is 4.92 Å². The number of anilines is 2. The normalized spacial score (nSPS) is 13.2. The Bertz CT molecular complexity index is 471. The molecule has 16 heavy (non-hydrogen) atoms. The van der Waals surface area contributed by atoms with Crippen LogP contribution < -0.4 is 10.6 Å². The van der Waals surface area contributed by atoms with E-state index in [-0.39, 0.29) is 18.0 Å². The minimum absolute atomic E-state index is 0.0112. The Morgan fingerprint density at radius 3 is 2.94 bits per heavy atom. The summed E-state index contributed by atoms with van der Waals surface area (Å²) in [5, 5.41) is 16.4. The van der Waals surface area contributed by atoms with Crippen LogP contribution in [0.2, 0.25) is 0 Å². The van der Waals surface area contributed by atoms with E-state index in [9.17, 15) is 14.9 Å². The van der Waals surface area contributed by atoms with Crippen molar-refractivity contribution >= 4 is 23.0 Å². The van der Waals surface area contributed by atoms with Gasteiger partial charge in [0.15, 0.2) is 0 Å². The first-order valence-corrected chi connectivity index (χ1v) is 4.97. The third-order valence-electron chi connectivity index (χ3n) is 2.41. The van der Waals surface area contributed by atoms with E-state index in [2.05, 4.69) is 10.6 Å². The van der Waals surface area contributed by atoms with E-state index in [0.717, 1.165) is 0 Å². The third kappa shape index (κ3) is 1.69. The van der Waals surface area contributed by atoms with Crippen LogP contribution in [0, 0.1) is 10.1 Å². The Balaban J connectivity index is 2.49. The molecule has 1 amide bonds. The lowest BCUT2D eigenvalue weighted by atomic mass is 10.1. The highest BCUT2D eigenvalue weighted by molar-refractivity contribution is 6.00. The van der Waals surface area contributed by atoms with Crippen molar-refractivity contribution in [1.29, 1.82) is 0 Å². The molecule has 0 bridgehead atoms. The molecule has 2 N–H and O–H groups in total. The fourth-order valence-corrected chi connectivity index (χ4v) is 1.74. The zero-order valence-corrected chi connectivity index (χ0v) is 8.74. The molecule has 0 saturated heterocycles. The Hall–Kier alpha value is -2.11. The van der Waals surface area contributed by atoms with Gasteiger partial charge < -0.3 is 10.6 Å². The molecule has 0 spiro atoms. The number of hydrogen-bond acceptors (Lipinski definition) is 4. The number of rotatable bonds is 3. The van der Waals surface area contributed by atoms with E-state index in [0.29, 0.717) is 23.5 Å². The minimum Gasteiger partial charge on any atom is -0.380 e. The molecule has 2 rings (SSSR count). The van der Waals surface area contributed by atoms with Gasteiger partial charge in [0.2, 0.25) is 5.91 Å². The average molecular weight is 221 g/mol. The van der Waals surface area contributed by atoms with E-state index in [1.54, 1.807) is 6.07 Å². The van der Waals surface area contributed by atoms with Gasteiger partial charge in [-0.25, -0.2) is 0 Å². The Labute approximate surface area is 91.8 Å². The Morgan fingerprint density at radius 1 is 1.56 bits per heavy atom. The van der Waals surface area contributed by atoms with Crippen LogP contribution in [0.4, 0.5) is 17.1 Å². The van der Waals surface area contributed by atoms with Crippen LogP contribution in [0.1, 0.15) is 12.5 Å². The van der Waals surface area contributed by atoms with Crippen molar-refractivity contribution in [3.63, 3.8) is 0 Å². The van der Waals surface area contributed by atoms with Gasteiger partial charge in [-0.3, -0.25) is 14.9 Å². The number of amides is 1. The molecule has 0 aliphatic carbocycles. The molecule has 0 unspecified atom stereocenters. The summed E-state index contributed by atoms with van der Waals surface area (Å²) in [5.41, 5.74) is 1.79. The van der Waals surface area contributed by atoms with Crippen LogP contribution in [-0.4, -0.2) is 17.4 Å². The van der Waals surface area contributed by atoms with E-state index >= 15 is 0 Å². The average Bonchev–Trinajstić information content (AvgIpc) is 2.56. The molecule has 0 atom stereocenters. The first-order valence-electron chi connectivity index (χ1n) is 4.97. The topological polar surface area (TPSA) is 84.3 Å². The fraction of sp³-hybridized carbons (Fsp3) is 0.300. The lowest BCUT2D eigenvalue weighted by molar-refractivity contribution is -0.384. The van der Waals surface area contributed by atoms with Gasteiger partial charge in [0, 0.05) is 18.3 Å². The molecule has 0 aromatic heterocycles. The number of carbonyl (C=O) groups excluding carboxylic acids is 1. The van der Waals surface area contributed by atoms with Gasteiger partial charge in [0.25, 0.3) is 5.69 Å². The lowest BCUT2D eigenvalue weighted by Crippen LogP contribution is -2.04. The zero-order chi connectivity index (χ0) is 11.7. The first kappa shape index (κ1) is 10.4. The predicted octanol–water partition coefficient (Wildman–Crippen LogP) is 1.52. The quantitative estimate of drug-likeness (QED) is 0.598. The highest BCUT2D eigenvalue weighted by atomic mass is 16.6. The fourth-order valence-electron chi connectivity index (χ4n) is 1.74. The maximum Gasteiger partial charge on any atom is 0.292 e. The molecular formula is C10H11N3O3. The summed E-state index contributed by atoms with van der Waals surface area (Å²) in [6, 6.07) is 3.06. The number of nitro benzene ring substituents is 1. The summed E-state index contributed by atoms with van der Waals surface area (Å²) in [6.45, 7) is 2.45. The maximum absolute atomic E-state index is 11.1. The van der Waals surface area contributed by atoms with Crippen LogP contribution in [0.25, 0.3) is 0 Å². The standard InChI is InChI=1S/C10H11N3O3/c1-2-11-8-5-7-6(4-10(14)12-7)3-9(8)13(15)16/h3,5,11H,2,4H2,1H3,(H,12,14). The SMILES string of the molecule is CCNc1cc2c(cc1[N+](=O)[O-])CC(=O)N2. The van der Waals surface area contributed by atoms with Crippen LogP contribution in [0.3, 0.4) is 0 Å². The van der Waals surface area contributed by atoms with Gasteiger partial charge in [-0.05, 0) is 18.6 Å². The lowest BCUT2D eigenvalue weighted by Gasteiger charge is -2.06. The van der Waals surface area contributed by atoms with Gasteiger partial charge in [-0.15, -0.1) is 0 Å². The van der Waals surface area contributed by atoms with Gasteiger partial charge in [0.1, 0.15) is 5.69 Å². The summed E-state index contributed by atoms with van der Waals surface area (Å²) >= 11 is 0. The molecule has 1 heterocycles. The van der Waals surface area contributed by atoms with Crippen LogP contribution >= 0.6 is 0 Å². The molecule has 1 aromatic carbocycles. The van der Waals surface area contributed by atoms with Crippen molar-refractivity contribution in [1.82, 2.24) is 0 Å². The van der Waals surface area contributed by atoms with Crippen molar-refractivity contribution in [3.8, 4) is 0 Å². The van der Waals surface area contributed by atoms with E-state index in [4.69, 9.17) is 0 Å². The van der Waals surface area contributed by atoms with Gasteiger partial charge in [-0.2, -0.15) is 0 Å². The highest BCUT2D eigenvalue weighted by Crippen LogP contribution is 2.34. The maximum atomic E-state index is 11.1. The Kier molecular flexibility index (Phi) is 2.47. The molecular weight excluding hydrogens is 210 g/mol. The Morgan fingerprint density at radius 2 is 2.31 bits per heavy atom. The summed E-state index contributed by atoms with van der Waals surface area (Å²) in [5.74, 6) is -0.127. The molecule has 1 aliphatic rings. The summed E-state index contributed by atoms with van der Waals surface area (Å²) in [7, 11) is 0. The number of fused-ring (bicyclic) bond motifs is 1. The number of benzene rings is 1. The predicted molar refractivity (Wildman–Crippen MR) is 59.6 cm³/mol. The monoisotopic (exact) mass is 221 g/mol. The first-order chi connectivity index (χ1) is 7.61. The highest BCUT2D eigenvalue weighted by Gasteiger charge is 2.24. The molecule has 0 radical (unpaired) electrons. The van der Waals surface area contributed by atoms with Gasteiger partial charge >= 0.3 is 0 Å². The van der Waals surface area contributed by atoms with Crippen molar-refractivity contribution in [3.05, 3.63) is 27.8 Å². The number of carbonyl (C=O) groups is 1. The number of nitrogens with one attached hydrogen (secondary N) is 2.